The quantitative estimate of drug-likeness (QED) is 0.763. The lowest BCUT2D eigenvalue weighted by Crippen LogP contribution is -2.51. The summed E-state index contributed by atoms with van der Waals surface area (Å²) in [6.07, 6.45) is 12.2. The summed E-state index contributed by atoms with van der Waals surface area (Å²) in [5, 5.41) is 21.1. The van der Waals surface area contributed by atoms with Crippen molar-refractivity contribution in [1.29, 1.82) is 0 Å². The van der Waals surface area contributed by atoms with Crippen molar-refractivity contribution in [2.24, 2.45) is 40.9 Å². The SMILES string of the molecule is CC[C@@]1(O)CC[C@H]2[C@@H](CC[C@@H]3[C@@H]2CC[C@]2(C)C(C(C)O)CC[C@@H]32)C1. The molecule has 0 amide bonds. The van der Waals surface area contributed by atoms with Crippen LogP contribution in [-0.4, -0.2) is 21.9 Å². The molecule has 0 aromatic heterocycles. The fraction of sp³-hybridized carbons (Fsp3) is 1.00. The molecule has 0 heterocycles. The standard InChI is InChI=1S/C22H38O2/c1-4-22(24)12-10-16-15(13-22)5-6-18-17(16)9-11-21(3)19(14(2)23)7-8-20(18)21/h14-20,23-24H,4-13H2,1-3H3/t14?,15-,16-,17+,18+,19?,20-,21+,22+/m0/s1. The van der Waals surface area contributed by atoms with Crippen LogP contribution < -0.4 is 0 Å². The summed E-state index contributed by atoms with van der Waals surface area (Å²) in [5.41, 5.74) is 0.0307. The van der Waals surface area contributed by atoms with Gasteiger partial charge in [-0.1, -0.05) is 13.8 Å². The first-order valence-corrected chi connectivity index (χ1v) is 10.8. The van der Waals surface area contributed by atoms with E-state index in [1.54, 1.807) is 0 Å². The highest BCUT2D eigenvalue weighted by atomic mass is 16.3. The van der Waals surface area contributed by atoms with Gasteiger partial charge in [-0.05, 0) is 112 Å². The van der Waals surface area contributed by atoms with Gasteiger partial charge in [0.15, 0.2) is 0 Å². The summed E-state index contributed by atoms with van der Waals surface area (Å²) in [4.78, 5) is 0. The maximum atomic E-state index is 10.8. The molecule has 4 aliphatic carbocycles. The molecule has 138 valence electrons. The molecule has 0 aromatic carbocycles. The summed E-state index contributed by atoms with van der Waals surface area (Å²) in [6.45, 7) is 6.68. The van der Waals surface area contributed by atoms with Crippen molar-refractivity contribution in [3.63, 3.8) is 0 Å². The smallest absolute Gasteiger partial charge is 0.0648 e. The van der Waals surface area contributed by atoms with Gasteiger partial charge in [0.1, 0.15) is 0 Å². The molecule has 4 rings (SSSR count). The maximum Gasteiger partial charge on any atom is 0.0648 e. The largest absolute Gasteiger partial charge is 0.393 e. The van der Waals surface area contributed by atoms with Crippen LogP contribution in [0.3, 0.4) is 0 Å². The van der Waals surface area contributed by atoms with Gasteiger partial charge < -0.3 is 10.2 Å². The van der Waals surface area contributed by atoms with Crippen molar-refractivity contribution in [3.05, 3.63) is 0 Å². The normalized spacial score (nSPS) is 55.4. The predicted molar refractivity (Wildman–Crippen MR) is 97.5 cm³/mol. The van der Waals surface area contributed by atoms with E-state index in [1.807, 2.05) is 6.92 Å². The van der Waals surface area contributed by atoms with Gasteiger partial charge in [0.25, 0.3) is 0 Å². The summed E-state index contributed by atoms with van der Waals surface area (Å²) in [7, 11) is 0. The van der Waals surface area contributed by atoms with Gasteiger partial charge in [-0.15, -0.1) is 0 Å². The molecule has 0 aliphatic heterocycles. The van der Waals surface area contributed by atoms with E-state index in [9.17, 15) is 10.2 Å². The highest BCUT2D eigenvalue weighted by Crippen LogP contribution is 2.65. The Hall–Kier alpha value is -0.0800. The van der Waals surface area contributed by atoms with E-state index < -0.39 is 0 Å². The van der Waals surface area contributed by atoms with E-state index in [2.05, 4.69) is 13.8 Å². The van der Waals surface area contributed by atoms with Crippen molar-refractivity contribution in [1.82, 2.24) is 0 Å². The molecule has 0 bridgehead atoms. The van der Waals surface area contributed by atoms with Crippen LogP contribution in [0.15, 0.2) is 0 Å². The van der Waals surface area contributed by atoms with E-state index in [4.69, 9.17) is 0 Å². The summed E-state index contributed by atoms with van der Waals surface area (Å²) >= 11 is 0. The minimum absolute atomic E-state index is 0.137. The molecule has 0 spiro atoms. The third-order valence-electron chi connectivity index (χ3n) is 9.42. The topological polar surface area (TPSA) is 40.5 Å². The molecule has 4 fully saturated rings. The Labute approximate surface area is 148 Å². The highest BCUT2D eigenvalue weighted by Gasteiger charge is 2.58. The van der Waals surface area contributed by atoms with Crippen LogP contribution in [0.5, 0.6) is 0 Å². The summed E-state index contributed by atoms with van der Waals surface area (Å²) in [5.74, 6) is 4.85. The molecule has 24 heavy (non-hydrogen) atoms. The van der Waals surface area contributed by atoms with Crippen LogP contribution in [0.1, 0.15) is 85.0 Å². The van der Waals surface area contributed by atoms with Gasteiger partial charge in [0.2, 0.25) is 0 Å². The number of rotatable bonds is 2. The number of aliphatic hydroxyl groups is 2. The zero-order valence-corrected chi connectivity index (χ0v) is 16.0. The number of hydrogen-bond donors (Lipinski definition) is 2. The van der Waals surface area contributed by atoms with E-state index in [0.717, 1.165) is 48.9 Å². The molecule has 4 saturated carbocycles. The molecule has 2 unspecified atom stereocenters. The first-order chi connectivity index (χ1) is 11.4. The van der Waals surface area contributed by atoms with Crippen LogP contribution in [0.25, 0.3) is 0 Å². The first-order valence-electron chi connectivity index (χ1n) is 10.8. The molecule has 9 atom stereocenters. The molecule has 4 aliphatic rings. The Morgan fingerprint density at radius 1 is 0.958 bits per heavy atom. The van der Waals surface area contributed by atoms with Crippen LogP contribution in [0, 0.1) is 40.9 Å². The van der Waals surface area contributed by atoms with Crippen LogP contribution >= 0.6 is 0 Å². The van der Waals surface area contributed by atoms with Crippen molar-refractivity contribution in [3.8, 4) is 0 Å². The molecular weight excluding hydrogens is 296 g/mol. The van der Waals surface area contributed by atoms with Crippen molar-refractivity contribution >= 4 is 0 Å². The second kappa shape index (κ2) is 5.98. The Bertz CT molecular complexity index is 475. The Balaban J connectivity index is 1.53. The minimum Gasteiger partial charge on any atom is -0.393 e. The van der Waals surface area contributed by atoms with Crippen molar-refractivity contribution in [2.45, 2.75) is 96.7 Å². The lowest BCUT2D eigenvalue weighted by atomic mass is 9.48. The highest BCUT2D eigenvalue weighted by molar-refractivity contribution is 5.07. The molecular formula is C22H38O2. The van der Waals surface area contributed by atoms with Crippen LogP contribution in [0.4, 0.5) is 0 Å². The second-order valence-electron chi connectivity index (χ2n) is 10.2. The van der Waals surface area contributed by atoms with E-state index in [1.165, 1.54) is 44.9 Å². The second-order valence-corrected chi connectivity index (χ2v) is 10.2. The number of hydrogen-bond acceptors (Lipinski definition) is 2. The minimum atomic E-state index is -0.359. The molecule has 0 radical (unpaired) electrons. The first kappa shape index (κ1) is 17.3. The van der Waals surface area contributed by atoms with E-state index >= 15 is 0 Å². The van der Waals surface area contributed by atoms with Gasteiger partial charge in [-0.2, -0.15) is 0 Å². The monoisotopic (exact) mass is 334 g/mol. The van der Waals surface area contributed by atoms with E-state index in [-0.39, 0.29) is 11.7 Å². The Morgan fingerprint density at radius 3 is 2.42 bits per heavy atom. The lowest BCUT2D eigenvalue weighted by molar-refractivity contribution is -0.112. The van der Waals surface area contributed by atoms with Crippen LogP contribution in [-0.2, 0) is 0 Å². The molecule has 2 N–H and O–H groups in total. The number of aliphatic hydroxyl groups excluding tert-OH is 1. The van der Waals surface area contributed by atoms with Crippen LogP contribution in [0.2, 0.25) is 0 Å². The zero-order chi connectivity index (χ0) is 17.1. The maximum absolute atomic E-state index is 10.8. The fourth-order valence-corrected chi connectivity index (χ4v) is 8.12. The average molecular weight is 335 g/mol. The lowest BCUT2D eigenvalue weighted by Gasteiger charge is -2.57. The Kier molecular flexibility index (Phi) is 4.32. The average Bonchev–Trinajstić information content (AvgIpc) is 2.91. The third-order valence-corrected chi connectivity index (χ3v) is 9.42. The van der Waals surface area contributed by atoms with Crippen molar-refractivity contribution < 1.29 is 10.2 Å². The summed E-state index contributed by atoms with van der Waals surface area (Å²) in [6, 6.07) is 0. The Morgan fingerprint density at radius 2 is 1.71 bits per heavy atom. The fourth-order valence-electron chi connectivity index (χ4n) is 8.12. The predicted octanol–water partition coefficient (Wildman–Crippen LogP) is 4.78. The van der Waals surface area contributed by atoms with Gasteiger partial charge >= 0.3 is 0 Å². The van der Waals surface area contributed by atoms with Gasteiger partial charge in [-0.3, -0.25) is 0 Å². The molecule has 0 aromatic rings. The van der Waals surface area contributed by atoms with Gasteiger partial charge in [-0.25, -0.2) is 0 Å². The summed E-state index contributed by atoms with van der Waals surface area (Å²) < 4.78 is 0. The van der Waals surface area contributed by atoms with Crippen molar-refractivity contribution in [2.75, 3.05) is 0 Å². The van der Waals surface area contributed by atoms with Gasteiger partial charge in [0, 0.05) is 0 Å². The van der Waals surface area contributed by atoms with E-state index in [0.29, 0.717) is 11.3 Å². The molecule has 2 heteroatoms. The zero-order valence-electron chi connectivity index (χ0n) is 16.0. The third kappa shape index (κ3) is 2.50. The number of fused-ring (bicyclic) bond motifs is 5. The van der Waals surface area contributed by atoms with Gasteiger partial charge in [0.05, 0.1) is 11.7 Å². The molecule has 2 nitrogen and oxygen atoms in total. The molecule has 0 saturated heterocycles.